The number of rotatable bonds is 7. The number of hydrogen-bond acceptors (Lipinski definition) is 4. The van der Waals surface area contributed by atoms with Gasteiger partial charge in [-0.3, -0.25) is 9.69 Å². The summed E-state index contributed by atoms with van der Waals surface area (Å²) in [4.78, 5) is 17.1. The van der Waals surface area contributed by atoms with Crippen molar-refractivity contribution in [2.45, 2.75) is 38.3 Å². The largest absolute Gasteiger partial charge is 0.375 e. The van der Waals surface area contributed by atoms with E-state index >= 15 is 0 Å². The molecular weight excluding hydrogens is 397 g/mol. The van der Waals surface area contributed by atoms with Gasteiger partial charge in [-0.25, -0.2) is 0 Å². The second-order valence-electron chi connectivity index (χ2n) is 7.63. The Morgan fingerprint density at radius 2 is 1.86 bits per heavy atom. The number of carbonyl (C=O) groups excluding carboxylic acids is 1. The molecule has 2 heterocycles. The number of carbonyl (C=O) groups is 1. The fourth-order valence-electron chi connectivity index (χ4n) is 4.03. The second-order valence-corrected chi connectivity index (χ2v) is 7.63. The fourth-order valence-corrected chi connectivity index (χ4v) is 4.03. The fraction of sp³-hybridized carbons (Fsp3) is 0.667. The summed E-state index contributed by atoms with van der Waals surface area (Å²) in [6, 6.07) is 10.5. The van der Waals surface area contributed by atoms with Gasteiger partial charge in [0, 0.05) is 32.7 Å². The van der Waals surface area contributed by atoms with E-state index < -0.39 is 0 Å². The van der Waals surface area contributed by atoms with Gasteiger partial charge in [0.2, 0.25) is 5.91 Å². The van der Waals surface area contributed by atoms with Crippen LogP contribution in [-0.4, -0.2) is 68.2 Å². The topological polar surface area (TPSA) is 44.8 Å². The van der Waals surface area contributed by atoms with E-state index in [9.17, 15) is 4.79 Å². The van der Waals surface area contributed by atoms with E-state index in [2.05, 4.69) is 39.4 Å². The zero-order valence-electron chi connectivity index (χ0n) is 16.8. The Bertz CT molecular complexity index is 554. The lowest BCUT2D eigenvalue weighted by molar-refractivity contribution is -0.137. The Hall–Kier alpha value is -0.850. The number of nitrogens with one attached hydrogen (secondary N) is 1. The molecule has 5 nitrogen and oxygen atoms in total. The van der Waals surface area contributed by atoms with Crippen LogP contribution >= 0.6 is 24.8 Å². The number of benzene rings is 1. The molecule has 0 saturated carbocycles. The zero-order chi connectivity index (χ0) is 18.2. The first-order valence-corrected chi connectivity index (χ1v) is 10.0. The molecule has 3 rings (SSSR count). The molecule has 0 aromatic heterocycles. The molecule has 2 saturated heterocycles. The van der Waals surface area contributed by atoms with Crippen LogP contribution in [0.4, 0.5) is 0 Å². The Morgan fingerprint density at radius 1 is 1.14 bits per heavy atom. The highest BCUT2D eigenvalue weighted by Crippen LogP contribution is 2.21. The second kappa shape index (κ2) is 13.4. The van der Waals surface area contributed by atoms with Gasteiger partial charge >= 0.3 is 0 Å². The van der Waals surface area contributed by atoms with E-state index in [1.54, 1.807) is 0 Å². The SMILES string of the molecule is CNCCC1CCN(C(=O)CC2CN(Cc3ccccc3)CCO2)CC1.Cl.Cl. The van der Waals surface area contributed by atoms with Crippen LogP contribution in [0.1, 0.15) is 31.2 Å². The normalized spacial score (nSPS) is 20.9. The lowest BCUT2D eigenvalue weighted by atomic mass is 9.93. The average Bonchev–Trinajstić information content (AvgIpc) is 2.68. The predicted octanol–water partition coefficient (Wildman–Crippen LogP) is 2.97. The van der Waals surface area contributed by atoms with E-state index in [1.807, 2.05) is 13.1 Å². The van der Waals surface area contributed by atoms with Crippen LogP contribution in [0.15, 0.2) is 30.3 Å². The third-order valence-electron chi connectivity index (χ3n) is 5.64. The van der Waals surface area contributed by atoms with Gasteiger partial charge in [0.15, 0.2) is 0 Å². The van der Waals surface area contributed by atoms with E-state index in [1.165, 1.54) is 12.0 Å². The number of piperidine rings is 1. The van der Waals surface area contributed by atoms with Crippen LogP contribution in [0.3, 0.4) is 0 Å². The number of ether oxygens (including phenoxy) is 1. The van der Waals surface area contributed by atoms with Gasteiger partial charge in [-0.15, -0.1) is 24.8 Å². The van der Waals surface area contributed by atoms with Gasteiger partial charge in [0.05, 0.1) is 19.1 Å². The Morgan fingerprint density at radius 3 is 2.54 bits per heavy atom. The number of amides is 1. The monoisotopic (exact) mass is 431 g/mol. The Kier molecular flexibility index (Phi) is 12.0. The van der Waals surface area contributed by atoms with Gasteiger partial charge in [-0.2, -0.15) is 0 Å². The van der Waals surface area contributed by atoms with E-state index in [0.29, 0.717) is 6.42 Å². The number of halogens is 2. The summed E-state index contributed by atoms with van der Waals surface area (Å²) in [5, 5.41) is 3.22. The highest BCUT2D eigenvalue weighted by molar-refractivity contribution is 5.85. The van der Waals surface area contributed by atoms with Crippen molar-refractivity contribution in [3.05, 3.63) is 35.9 Å². The first kappa shape index (κ1) is 25.2. The molecule has 2 aliphatic heterocycles. The van der Waals surface area contributed by atoms with E-state index in [0.717, 1.165) is 64.6 Å². The molecule has 1 aromatic carbocycles. The van der Waals surface area contributed by atoms with Crippen molar-refractivity contribution in [2.24, 2.45) is 5.92 Å². The first-order valence-electron chi connectivity index (χ1n) is 10.0. The average molecular weight is 432 g/mol. The van der Waals surface area contributed by atoms with Gasteiger partial charge in [0.25, 0.3) is 0 Å². The van der Waals surface area contributed by atoms with Crippen LogP contribution in [0, 0.1) is 5.92 Å². The van der Waals surface area contributed by atoms with Crippen LogP contribution in [0.5, 0.6) is 0 Å². The smallest absolute Gasteiger partial charge is 0.225 e. The molecule has 160 valence electrons. The van der Waals surface area contributed by atoms with Crippen molar-refractivity contribution in [2.75, 3.05) is 46.4 Å². The van der Waals surface area contributed by atoms with Crippen molar-refractivity contribution >= 4 is 30.7 Å². The summed E-state index contributed by atoms with van der Waals surface area (Å²) in [7, 11) is 2.00. The van der Waals surface area contributed by atoms with Crippen LogP contribution in [0.25, 0.3) is 0 Å². The minimum absolute atomic E-state index is 0. The lowest BCUT2D eigenvalue weighted by Gasteiger charge is -2.36. The molecule has 0 spiro atoms. The summed E-state index contributed by atoms with van der Waals surface area (Å²) >= 11 is 0. The van der Waals surface area contributed by atoms with Gasteiger partial charge in [-0.1, -0.05) is 30.3 Å². The molecule has 1 atom stereocenters. The van der Waals surface area contributed by atoms with E-state index in [-0.39, 0.29) is 36.8 Å². The van der Waals surface area contributed by atoms with Crippen LogP contribution in [0.2, 0.25) is 0 Å². The van der Waals surface area contributed by atoms with Gasteiger partial charge in [0.1, 0.15) is 0 Å². The molecule has 2 aliphatic rings. The molecule has 1 unspecified atom stereocenters. The minimum atomic E-state index is 0. The van der Waals surface area contributed by atoms with Crippen molar-refractivity contribution < 1.29 is 9.53 Å². The lowest BCUT2D eigenvalue weighted by Crippen LogP contribution is -2.46. The maximum absolute atomic E-state index is 12.7. The Balaban J connectivity index is 0.00000196. The summed E-state index contributed by atoms with van der Waals surface area (Å²) in [6.45, 7) is 6.34. The third-order valence-corrected chi connectivity index (χ3v) is 5.64. The van der Waals surface area contributed by atoms with Crippen molar-refractivity contribution in [3.63, 3.8) is 0 Å². The molecule has 1 amide bonds. The highest BCUT2D eigenvalue weighted by Gasteiger charge is 2.27. The molecule has 0 aliphatic carbocycles. The zero-order valence-corrected chi connectivity index (χ0v) is 18.5. The highest BCUT2D eigenvalue weighted by atomic mass is 35.5. The van der Waals surface area contributed by atoms with Crippen molar-refractivity contribution in [1.82, 2.24) is 15.1 Å². The number of morpholine rings is 1. The maximum Gasteiger partial charge on any atom is 0.225 e. The number of likely N-dealkylation sites (tertiary alicyclic amines) is 1. The molecule has 0 radical (unpaired) electrons. The first-order chi connectivity index (χ1) is 12.7. The molecular formula is C21H35Cl2N3O2. The maximum atomic E-state index is 12.7. The molecule has 1 N–H and O–H groups in total. The summed E-state index contributed by atoms with van der Waals surface area (Å²) in [5.74, 6) is 1.03. The Labute approximate surface area is 182 Å². The number of nitrogens with zero attached hydrogens (tertiary/aromatic N) is 2. The molecule has 2 fully saturated rings. The van der Waals surface area contributed by atoms with Gasteiger partial charge in [-0.05, 0) is 44.3 Å². The quantitative estimate of drug-likeness (QED) is 0.720. The van der Waals surface area contributed by atoms with Gasteiger partial charge < -0.3 is 15.0 Å². The summed E-state index contributed by atoms with van der Waals surface area (Å²) in [6.07, 6.45) is 4.05. The molecule has 28 heavy (non-hydrogen) atoms. The van der Waals surface area contributed by atoms with Crippen LogP contribution < -0.4 is 5.32 Å². The standard InChI is InChI=1S/C21H33N3O2.2ClH/c1-22-10-7-18-8-11-24(12-9-18)21(25)15-20-17-23(13-14-26-20)16-19-5-3-2-4-6-19;;/h2-6,18,20,22H,7-17H2,1H3;2*1H. The molecule has 0 bridgehead atoms. The summed E-state index contributed by atoms with van der Waals surface area (Å²) < 4.78 is 5.88. The predicted molar refractivity (Wildman–Crippen MR) is 118 cm³/mol. The molecule has 7 heteroatoms. The van der Waals surface area contributed by atoms with E-state index in [4.69, 9.17) is 4.74 Å². The van der Waals surface area contributed by atoms with Crippen LogP contribution in [-0.2, 0) is 16.1 Å². The van der Waals surface area contributed by atoms with Crippen molar-refractivity contribution in [3.8, 4) is 0 Å². The molecule has 1 aromatic rings. The number of hydrogen-bond donors (Lipinski definition) is 1. The minimum Gasteiger partial charge on any atom is -0.375 e. The third kappa shape index (κ3) is 7.88. The van der Waals surface area contributed by atoms with Crippen molar-refractivity contribution in [1.29, 1.82) is 0 Å². The summed E-state index contributed by atoms with van der Waals surface area (Å²) in [5.41, 5.74) is 1.32.